The molecule has 0 aliphatic carbocycles. The number of rotatable bonds is 1. The SMILES string of the molecule is O=C(O)c1csc2c(F)cc(F)cc12. The number of aromatic carboxylic acids is 1. The van der Waals surface area contributed by atoms with E-state index in [-0.39, 0.29) is 15.6 Å². The number of carboxylic acid groups (broad SMARTS) is 1. The van der Waals surface area contributed by atoms with E-state index in [0.717, 1.165) is 23.5 Å². The van der Waals surface area contributed by atoms with Gasteiger partial charge in [-0.15, -0.1) is 11.3 Å². The van der Waals surface area contributed by atoms with Crippen LogP contribution in [0.4, 0.5) is 8.78 Å². The minimum atomic E-state index is -1.18. The zero-order valence-corrected chi connectivity index (χ0v) is 7.57. The van der Waals surface area contributed by atoms with Crippen LogP contribution in [0.5, 0.6) is 0 Å². The van der Waals surface area contributed by atoms with E-state index < -0.39 is 17.6 Å². The summed E-state index contributed by atoms with van der Waals surface area (Å²) in [5.41, 5.74) is -0.0663. The molecule has 0 aliphatic heterocycles. The maximum Gasteiger partial charge on any atom is 0.337 e. The molecule has 2 nitrogen and oxygen atoms in total. The zero-order valence-electron chi connectivity index (χ0n) is 6.75. The summed E-state index contributed by atoms with van der Waals surface area (Å²) in [7, 11) is 0. The Hall–Kier alpha value is -1.49. The molecule has 2 aromatic rings. The lowest BCUT2D eigenvalue weighted by Crippen LogP contribution is -1.94. The molecular weight excluding hydrogens is 210 g/mol. The molecule has 0 aliphatic rings. The quantitative estimate of drug-likeness (QED) is 0.792. The van der Waals surface area contributed by atoms with Gasteiger partial charge in [0.25, 0.3) is 0 Å². The summed E-state index contributed by atoms with van der Waals surface area (Å²) in [5.74, 6) is -2.67. The fourth-order valence-corrected chi connectivity index (χ4v) is 2.16. The molecule has 1 heterocycles. The molecule has 0 bridgehead atoms. The lowest BCUT2D eigenvalue weighted by molar-refractivity contribution is 0.0699. The molecule has 0 unspecified atom stereocenters. The number of hydrogen-bond donors (Lipinski definition) is 1. The number of thiophene rings is 1. The van der Waals surface area contributed by atoms with Gasteiger partial charge in [0.2, 0.25) is 0 Å². The lowest BCUT2D eigenvalue weighted by Gasteiger charge is -1.94. The summed E-state index contributed by atoms with van der Waals surface area (Å²) in [4.78, 5) is 10.7. The van der Waals surface area contributed by atoms with E-state index >= 15 is 0 Å². The molecule has 0 atom stereocenters. The van der Waals surface area contributed by atoms with Crippen molar-refractivity contribution in [1.82, 2.24) is 0 Å². The van der Waals surface area contributed by atoms with Crippen molar-refractivity contribution in [3.05, 3.63) is 34.7 Å². The predicted octanol–water partition coefficient (Wildman–Crippen LogP) is 2.88. The second kappa shape index (κ2) is 3.02. The van der Waals surface area contributed by atoms with Crippen LogP contribution in [0, 0.1) is 11.6 Å². The van der Waals surface area contributed by atoms with Crippen LogP contribution in [0.15, 0.2) is 17.5 Å². The van der Waals surface area contributed by atoms with Crippen LogP contribution in [0.1, 0.15) is 10.4 Å². The minimum Gasteiger partial charge on any atom is -0.478 e. The van der Waals surface area contributed by atoms with E-state index in [2.05, 4.69) is 0 Å². The van der Waals surface area contributed by atoms with Gasteiger partial charge in [0.05, 0.1) is 10.3 Å². The summed E-state index contributed by atoms with van der Waals surface area (Å²) in [6, 6.07) is 1.77. The van der Waals surface area contributed by atoms with Gasteiger partial charge in [-0.2, -0.15) is 0 Å². The van der Waals surface area contributed by atoms with Crippen LogP contribution < -0.4 is 0 Å². The molecule has 0 amide bonds. The molecule has 0 saturated carbocycles. The van der Waals surface area contributed by atoms with Gasteiger partial charge in [-0.05, 0) is 6.07 Å². The van der Waals surface area contributed by atoms with Gasteiger partial charge >= 0.3 is 5.97 Å². The maximum absolute atomic E-state index is 13.1. The highest BCUT2D eigenvalue weighted by atomic mass is 32.1. The van der Waals surface area contributed by atoms with Gasteiger partial charge in [0, 0.05) is 16.8 Å². The van der Waals surface area contributed by atoms with Gasteiger partial charge in [0.1, 0.15) is 11.6 Å². The van der Waals surface area contributed by atoms with Gasteiger partial charge in [0.15, 0.2) is 0 Å². The van der Waals surface area contributed by atoms with Crippen molar-refractivity contribution in [2.75, 3.05) is 0 Å². The fraction of sp³-hybridized carbons (Fsp3) is 0. The molecular formula is C9H4F2O2S. The Labute approximate surface area is 81.4 Å². The third-order valence-electron chi connectivity index (χ3n) is 1.82. The molecule has 1 aromatic heterocycles. The smallest absolute Gasteiger partial charge is 0.337 e. The Morgan fingerprint density at radius 3 is 2.71 bits per heavy atom. The average Bonchev–Trinajstić information content (AvgIpc) is 2.47. The molecule has 14 heavy (non-hydrogen) atoms. The summed E-state index contributed by atoms with van der Waals surface area (Å²) in [6.07, 6.45) is 0. The Balaban J connectivity index is 2.85. The topological polar surface area (TPSA) is 37.3 Å². The molecule has 0 radical (unpaired) electrons. The van der Waals surface area contributed by atoms with Crippen LogP contribution in [0.2, 0.25) is 0 Å². The number of carbonyl (C=O) groups is 1. The summed E-state index contributed by atoms with van der Waals surface area (Å²) in [5, 5.41) is 10.1. The first-order valence-corrected chi connectivity index (χ1v) is 4.57. The van der Waals surface area contributed by atoms with E-state index in [1.54, 1.807) is 0 Å². The van der Waals surface area contributed by atoms with E-state index in [9.17, 15) is 13.6 Å². The third kappa shape index (κ3) is 1.26. The van der Waals surface area contributed by atoms with Crippen molar-refractivity contribution in [2.45, 2.75) is 0 Å². The number of carboxylic acids is 1. The number of halogens is 2. The van der Waals surface area contributed by atoms with Crippen LogP contribution >= 0.6 is 11.3 Å². The third-order valence-corrected chi connectivity index (χ3v) is 2.83. The second-order valence-corrected chi connectivity index (χ2v) is 3.60. The average molecular weight is 214 g/mol. The van der Waals surface area contributed by atoms with Crippen molar-refractivity contribution in [1.29, 1.82) is 0 Å². The van der Waals surface area contributed by atoms with Crippen molar-refractivity contribution in [2.24, 2.45) is 0 Å². The molecule has 0 saturated heterocycles. The summed E-state index contributed by atoms with van der Waals surface area (Å²) in [6.45, 7) is 0. The summed E-state index contributed by atoms with van der Waals surface area (Å²) < 4.78 is 26.1. The normalized spacial score (nSPS) is 10.7. The Morgan fingerprint density at radius 2 is 2.07 bits per heavy atom. The van der Waals surface area contributed by atoms with Gasteiger partial charge in [-0.3, -0.25) is 0 Å². The molecule has 0 spiro atoms. The maximum atomic E-state index is 13.1. The number of hydrogen-bond acceptors (Lipinski definition) is 2. The second-order valence-electron chi connectivity index (χ2n) is 2.72. The van der Waals surface area contributed by atoms with Crippen molar-refractivity contribution >= 4 is 27.4 Å². The van der Waals surface area contributed by atoms with Crippen molar-refractivity contribution in [3.8, 4) is 0 Å². The van der Waals surface area contributed by atoms with E-state index in [1.807, 2.05) is 0 Å². The molecule has 1 N–H and O–H groups in total. The van der Waals surface area contributed by atoms with Crippen molar-refractivity contribution in [3.63, 3.8) is 0 Å². The molecule has 5 heteroatoms. The Morgan fingerprint density at radius 1 is 1.36 bits per heavy atom. The fourth-order valence-electron chi connectivity index (χ4n) is 1.23. The highest BCUT2D eigenvalue weighted by Gasteiger charge is 2.14. The molecule has 1 aromatic carbocycles. The lowest BCUT2D eigenvalue weighted by atomic mass is 10.2. The highest BCUT2D eigenvalue weighted by Crippen LogP contribution is 2.29. The summed E-state index contributed by atoms with van der Waals surface area (Å²) >= 11 is 0.955. The van der Waals surface area contributed by atoms with Gasteiger partial charge < -0.3 is 5.11 Å². The molecule has 0 fully saturated rings. The largest absolute Gasteiger partial charge is 0.478 e. The first-order valence-electron chi connectivity index (χ1n) is 3.69. The first kappa shape index (κ1) is 9.08. The minimum absolute atomic E-state index is 0.0663. The highest BCUT2D eigenvalue weighted by molar-refractivity contribution is 7.17. The standard InChI is InChI=1S/C9H4F2O2S/c10-4-1-5-6(9(12)13)3-14-8(5)7(11)2-4/h1-3H,(H,12,13). The first-order chi connectivity index (χ1) is 6.59. The Kier molecular flexibility index (Phi) is 1.96. The number of fused-ring (bicyclic) bond motifs is 1. The zero-order chi connectivity index (χ0) is 10.3. The van der Waals surface area contributed by atoms with Crippen molar-refractivity contribution < 1.29 is 18.7 Å². The van der Waals surface area contributed by atoms with Crippen LogP contribution in [-0.2, 0) is 0 Å². The predicted molar refractivity (Wildman–Crippen MR) is 48.7 cm³/mol. The Bertz CT molecular complexity index is 519. The van der Waals surface area contributed by atoms with Crippen LogP contribution in [0.3, 0.4) is 0 Å². The van der Waals surface area contributed by atoms with Gasteiger partial charge in [-0.1, -0.05) is 0 Å². The molecule has 2 rings (SSSR count). The van der Waals surface area contributed by atoms with Crippen LogP contribution in [-0.4, -0.2) is 11.1 Å². The van der Waals surface area contributed by atoms with Gasteiger partial charge in [-0.25, -0.2) is 13.6 Å². The molecule has 72 valence electrons. The van der Waals surface area contributed by atoms with E-state index in [0.29, 0.717) is 0 Å². The van der Waals surface area contributed by atoms with E-state index in [1.165, 1.54) is 5.38 Å². The van der Waals surface area contributed by atoms with E-state index in [4.69, 9.17) is 5.11 Å². The number of benzene rings is 1. The van der Waals surface area contributed by atoms with Crippen LogP contribution in [0.25, 0.3) is 10.1 Å². The monoisotopic (exact) mass is 214 g/mol.